The van der Waals surface area contributed by atoms with Crippen molar-refractivity contribution >= 4 is 11.8 Å². The largest absolute Gasteiger partial charge is 0.376 e. The lowest BCUT2D eigenvalue weighted by Crippen LogP contribution is -2.53. The van der Waals surface area contributed by atoms with Gasteiger partial charge in [0.05, 0.1) is 6.10 Å². The van der Waals surface area contributed by atoms with Gasteiger partial charge in [0.2, 0.25) is 11.8 Å². The molecular weight excluding hydrogens is 316 g/mol. The molecule has 1 saturated heterocycles. The predicted molar refractivity (Wildman–Crippen MR) is 95.9 cm³/mol. The summed E-state index contributed by atoms with van der Waals surface area (Å²) in [5, 5.41) is 3.01. The van der Waals surface area contributed by atoms with E-state index in [1.54, 1.807) is 4.90 Å². The highest BCUT2D eigenvalue weighted by Gasteiger charge is 2.34. The first-order valence-electron chi connectivity index (χ1n) is 9.30. The lowest BCUT2D eigenvalue weighted by molar-refractivity contribution is -0.142. The summed E-state index contributed by atoms with van der Waals surface area (Å²) >= 11 is 0. The smallest absolute Gasteiger partial charge is 0.243 e. The van der Waals surface area contributed by atoms with E-state index in [0.717, 1.165) is 30.6 Å². The minimum Gasteiger partial charge on any atom is -0.376 e. The van der Waals surface area contributed by atoms with Gasteiger partial charge in [0, 0.05) is 32.5 Å². The Labute approximate surface area is 149 Å². The highest BCUT2D eigenvalue weighted by Crippen LogP contribution is 2.25. The van der Waals surface area contributed by atoms with Crippen molar-refractivity contribution in [2.45, 2.75) is 58.2 Å². The molecule has 1 aromatic rings. The van der Waals surface area contributed by atoms with E-state index in [-0.39, 0.29) is 23.8 Å². The number of amides is 2. The van der Waals surface area contributed by atoms with E-state index in [4.69, 9.17) is 4.74 Å². The molecule has 3 rings (SSSR count). The maximum Gasteiger partial charge on any atom is 0.243 e. The maximum absolute atomic E-state index is 12.8. The fourth-order valence-corrected chi connectivity index (χ4v) is 3.62. The van der Waals surface area contributed by atoms with Crippen molar-refractivity contribution in [3.63, 3.8) is 0 Å². The average Bonchev–Trinajstić information content (AvgIpc) is 3.11. The van der Waals surface area contributed by atoms with Gasteiger partial charge in [-0.05, 0) is 29.9 Å². The Morgan fingerprint density at radius 1 is 1.28 bits per heavy atom. The number of ether oxygens (including phenoxy) is 1. The Bertz CT molecular complexity index is 623. The second-order valence-electron chi connectivity index (χ2n) is 7.49. The Morgan fingerprint density at radius 3 is 2.72 bits per heavy atom. The molecule has 0 bridgehead atoms. The quantitative estimate of drug-likeness (QED) is 0.891. The lowest BCUT2D eigenvalue weighted by Gasteiger charge is -2.36. The molecule has 0 unspecified atom stereocenters. The number of benzene rings is 1. The van der Waals surface area contributed by atoms with Crippen LogP contribution < -0.4 is 5.32 Å². The first-order chi connectivity index (χ1) is 12.0. The van der Waals surface area contributed by atoms with E-state index in [2.05, 4.69) is 11.4 Å². The number of carbonyl (C=O) groups is 2. The zero-order valence-corrected chi connectivity index (χ0v) is 15.2. The molecule has 0 saturated carbocycles. The van der Waals surface area contributed by atoms with Crippen LogP contribution in [-0.2, 0) is 27.3 Å². The number of hydrogen-bond donors (Lipinski definition) is 1. The molecule has 0 radical (unpaired) electrons. The predicted octanol–water partition coefficient (Wildman–Crippen LogP) is 2.28. The molecule has 2 amide bonds. The normalized spacial score (nSPS) is 22.8. The minimum atomic E-state index is -0.428. The fraction of sp³-hybridized carbons (Fsp3) is 0.600. The van der Waals surface area contributed by atoms with Gasteiger partial charge in [0.15, 0.2) is 0 Å². The summed E-state index contributed by atoms with van der Waals surface area (Å²) < 4.78 is 5.58. The van der Waals surface area contributed by atoms with Gasteiger partial charge in [-0.3, -0.25) is 9.59 Å². The molecule has 1 aromatic carbocycles. The third-order valence-corrected chi connectivity index (χ3v) is 4.98. The number of carbonyl (C=O) groups excluding carboxylic acids is 2. The topological polar surface area (TPSA) is 58.6 Å². The van der Waals surface area contributed by atoms with Crippen LogP contribution in [0.15, 0.2) is 24.3 Å². The van der Waals surface area contributed by atoms with E-state index >= 15 is 0 Å². The van der Waals surface area contributed by atoms with E-state index in [1.165, 1.54) is 0 Å². The molecule has 5 nitrogen and oxygen atoms in total. The van der Waals surface area contributed by atoms with Gasteiger partial charge < -0.3 is 15.0 Å². The Kier molecular flexibility index (Phi) is 5.74. The van der Waals surface area contributed by atoms with Crippen molar-refractivity contribution < 1.29 is 14.3 Å². The SMILES string of the molecule is CC(C)CC(=O)N1Cc2ccccc2C[C@@H]1C(=O)NC[C@@H]1CCCO1. The molecule has 0 aliphatic carbocycles. The van der Waals surface area contributed by atoms with Crippen molar-refractivity contribution in [1.82, 2.24) is 10.2 Å². The highest BCUT2D eigenvalue weighted by atomic mass is 16.5. The molecule has 1 fully saturated rings. The molecule has 2 atom stereocenters. The van der Waals surface area contributed by atoms with E-state index in [9.17, 15) is 9.59 Å². The molecule has 2 aliphatic heterocycles. The van der Waals surface area contributed by atoms with Crippen molar-refractivity contribution in [3.8, 4) is 0 Å². The van der Waals surface area contributed by atoms with Crippen molar-refractivity contribution in [2.24, 2.45) is 5.92 Å². The number of rotatable bonds is 5. The van der Waals surface area contributed by atoms with E-state index in [0.29, 0.717) is 25.9 Å². The van der Waals surface area contributed by atoms with Gasteiger partial charge in [0.25, 0.3) is 0 Å². The minimum absolute atomic E-state index is 0.0572. The maximum atomic E-state index is 12.8. The third-order valence-electron chi connectivity index (χ3n) is 4.98. The van der Waals surface area contributed by atoms with Crippen LogP contribution in [0.3, 0.4) is 0 Å². The molecule has 5 heteroatoms. The number of hydrogen-bond acceptors (Lipinski definition) is 3. The Balaban J connectivity index is 1.72. The second-order valence-corrected chi connectivity index (χ2v) is 7.49. The van der Waals surface area contributed by atoms with Gasteiger partial charge in [0.1, 0.15) is 6.04 Å². The van der Waals surface area contributed by atoms with Crippen LogP contribution in [0.5, 0.6) is 0 Å². The summed E-state index contributed by atoms with van der Waals surface area (Å²) in [5.74, 6) is 0.268. The van der Waals surface area contributed by atoms with Crippen LogP contribution in [-0.4, -0.2) is 42.0 Å². The molecule has 2 heterocycles. The summed E-state index contributed by atoms with van der Waals surface area (Å²) in [6, 6.07) is 7.65. The van der Waals surface area contributed by atoms with E-state index in [1.807, 2.05) is 32.0 Å². The number of fused-ring (bicyclic) bond motifs is 1. The summed E-state index contributed by atoms with van der Waals surface area (Å²) in [5.41, 5.74) is 2.30. The van der Waals surface area contributed by atoms with Crippen LogP contribution in [0.1, 0.15) is 44.2 Å². The molecule has 2 aliphatic rings. The molecule has 0 spiro atoms. The standard InChI is InChI=1S/C20H28N2O3/c1-14(2)10-19(23)22-13-16-7-4-3-6-15(16)11-18(22)20(24)21-12-17-8-5-9-25-17/h3-4,6-7,14,17-18H,5,8-13H2,1-2H3,(H,21,24)/t17-,18+/m0/s1. The molecular formula is C20H28N2O3. The van der Waals surface area contributed by atoms with Gasteiger partial charge in [-0.1, -0.05) is 38.1 Å². The second kappa shape index (κ2) is 8.00. The van der Waals surface area contributed by atoms with Crippen LogP contribution >= 0.6 is 0 Å². The number of nitrogens with one attached hydrogen (secondary N) is 1. The van der Waals surface area contributed by atoms with E-state index < -0.39 is 6.04 Å². The van der Waals surface area contributed by atoms with Crippen LogP contribution in [0.25, 0.3) is 0 Å². The third kappa shape index (κ3) is 4.40. The molecule has 25 heavy (non-hydrogen) atoms. The zero-order chi connectivity index (χ0) is 17.8. The average molecular weight is 344 g/mol. The van der Waals surface area contributed by atoms with Crippen LogP contribution in [0.2, 0.25) is 0 Å². The summed E-state index contributed by atoms with van der Waals surface area (Å²) in [7, 11) is 0. The van der Waals surface area contributed by atoms with Crippen molar-refractivity contribution in [3.05, 3.63) is 35.4 Å². The molecule has 136 valence electrons. The van der Waals surface area contributed by atoms with Gasteiger partial charge >= 0.3 is 0 Å². The Morgan fingerprint density at radius 2 is 2.04 bits per heavy atom. The monoisotopic (exact) mass is 344 g/mol. The van der Waals surface area contributed by atoms with Crippen LogP contribution in [0, 0.1) is 5.92 Å². The summed E-state index contributed by atoms with van der Waals surface area (Å²) in [4.78, 5) is 27.3. The molecule has 1 N–H and O–H groups in total. The van der Waals surface area contributed by atoms with Crippen molar-refractivity contribution in [2.75, 3.05) is 13.2 Å². The van der Waals surface area contributed by atoms with Gasteiger partial charge in [-0.25, -0.2) is 0 Å². The fourth-order valence-electron chi connectivity index (χ4n) is 3.62. The summed E-state index contributed by atoms with van der Waals surface area (Å²) in [6.45, 7) is 5.88. The van der Waals surface area contributed by atoms with Crippen molar-refractivity contribution in [1.29, 1.82) is 0 Å². The lowest BCUT2D eigenvalue weighted by atomic mass is 9.92. The van der Waals surface area contributed by atoms with Gasteiger partial charge in [-0.2, -0.15) is 0 Å². The highest BCUT2D eigenvalue weighted by molar-refractivity contribution is 5.88. The first-order valence-corrected chi connectivity index (χ1v) is 9.30. The number of nitrogens with zero attached hydrogens (tertiary/aromatic N) is 1. The first kappa shape index (κ1) is 17.9. The van der Waals surface area contributed by atoms with Crippen LogP contribution in [0.4, 0.5) is 0 Å². The Hall–Kier alpha value is -1.88. The zero-order valence-electron chi connectivity index (χ0n) is 15.2. The summed E-state index contributed by atoms with van der Waals surface area (Å²) in [6.07, 6.45) is 3.20. The molecule has 0 aromatic heterocycles. The van der Waals surface area contributed by atoms with Gasteiger partial charge in [-0.15, -0.1) is 0 Å².